The van der Waals surface area contributed by atoms with E-state index in [1.807, 2.05) is 37.4 Å². The number of rotatable bonds is 7. The molecule has 1 aromatic heterocycles. The summed E-state index contributed by atoms with van der Waals surface area (Å²) in [5.41, 5.74) is 3.66. The maximum Gasteiger partial charge on any atom is 0.241 e. The van der Waals surface area contributed by atoms with Crippen LogP contribution >= 0.6 is 0 Å². The first-order chi connectivity index (χ1) is 12.1. The van der Waals surface area contributed by atoms with Crippen molar-refractivity contribution in [1.29, 1.82) is 0 Å². The van der Waals surface area contributed by atoms with E-state index in [1.54, 1.807) is 4.68 Å². The van der Waals surface area contributed by atoms with Crippen molar-refractivity contribution in [3.8, 4) is 5.75 Å². The number of hydrogen-bond donors (Lipinski definition) is 1. The third-order valence-corrected chi connectivity index (χ3v) is 4.64. The highest BCUT2D eigenvalue weighted by molar-refractivity contribution is 5.75. The van der Waals surface area contributed by atoms with Crippen LogP contribution in [0.4, 0.5) is 0 Å². The Hall–Kier alpha value is -2.30. The number of hydrogen-bond acceptors (Lipinski definition) is 3. The molecular weight excluding hydrogens is 314 g/mol. The SMILES string of the molecule is CCOc1ccc(CCNC(=O)Cn2cc3c(n2)CC[C@H](C)C3)cc1. The van der Waals surface area contributed by atoms with Gasteiger partial charge < -0.3 is 10.1 Å². The van der Waals surface area contributed by atoms with E-state index in [2.05, 4.69) is 17.3 Å². The number of aromatic nitrogens is 2. The van der Waals surface area contributed by atoms with Gasteiger partial charge >= 0.3 is 0 Å². The number of nitrogens with one attached hydrogen (secondary N) is 1. The number of nitrogens with zero attached hydrogens (tertiary/aromatic N) is 2. The number of carbonyl (C=O) groups excluding carboxylic acids is 1. The van der Waals surface area contributed by atoms with Gasteiger partial charge in [0.1, 0.15) is 12.3 Å². The summed E-state index contributed by atoms with van der Waals surface area (Å²) < 4.78 is 7.22. The monoisotopic (exact) mass is 341 g/mol. The van der Waals surface area contributed by atoms with Crippen LogP contribution in [0.5, 0.6) is 5.75 Å². The van der Waals surface area contributed by atoms with Gasteiger partial charge in [0.15, 0.2) is 0 Å². The molecule has 25 heavy (non-hydrogen) atoms. The molecule has 1 aliphatic rings. The highest BCUT2D eigenvalue weighted by atomic mass is 16.5. The number of ether oxygens (including phenoxy) is 1. The van der Waals surface area contributed by atoms with Crippen LogP contribution in [0.15, 0.2) is 30.5 Å². The molecule has 5 nitrogen and oxygen atoms in total. The van der Waals surface area contributed by atoms with E-state index >= 15 is 0 Å². The first kappa shape index (κ1) is 17.5. The maximum atomic E-state index is 12.1. The van der Waals surface area contributed by atoms with E-state index < -0.39 is 0 Å². The summed E-state index contributed by atoms with van der Waals surface area (Å²) in [6.07, 6.45) is 6.15. The largest absolute Gasteiger partial charge is 0.494 e. The van der Waals surface area contributed by atoms with Crippen molar-refractivity contribution in [1.82, 2.24) is 15.1 Å². The van der Waals surface area contributed by atoms with Crippen LogP contribution in [0.1, 0.15) is 37.1 Å². The van der Waals surface area contributed by atoms with E-state index in [-0.39, 0.29) is 5.91 Å². The van der Waals surface area contributed by atoms with Gasteiger partial charge in [-0.15, -0.1) is 0 Å². The fourth-order valence-corrected chi connectivity index (χ4v) is 3.29. The van der Waals surface area contributed by atoms with Crippen molar-refractivity contribution in [2.45, 2.75) is 46.1 Å². The Bertz CT molecular complexity index is 706. The fourth-order valence-electron chi connectivity index (χ4n) is 3.29. The lowest BCUT2D eigenvalue weighted by Crippen LogP contribution is -2.29. The Labute approximate surface area is 149 Å². The summed E-state index contributed by atoms with van der Waals surface area (Å²) in [6, 6.07) is 8.02. The molecule has 0 bridgehead atoms. The number of aryl methyl sites for hydroxylation is 1. The zero-order chi connectivity index (χ0) is 17.6. The fraction of sp³-hybridized carbons (Fsp3) is 0.500. The Morgan fingerprint density at radius 2 is 2.16 bits per heavy atom. The Balaban J connectivity index is 1.44. The second-order valence-electron chi connectivity index (χ2n) is 6.82. The lowest BCUT2D eigenvalue weighted by molar-refractivity contribution is -0.121. The van der Waals surface area contributed by atoms with Gasteiger partial charge in [0.25, 0.3) is 0 Å². The normalized spacial score (nSPS) is 16.3. The summed E-state index contributed by atoms with van der Waals surface area (Å²) in [4.78, 5) is 12.1. The number of amides is 1. The van der Waals surface area contributed by atoms with Crippen LogP contribution in [0, 0.1) is 5.92 Å². The predicted octanol–water partition coefficient (Wildman–Crippen LogP) is 2.77. The average molecular weight is 341 g/mol. The molecule has 1 aliphatic carbocycles. The molecule has 0 fully saturated rings. The van der Waals surface area contributed by atoms with Gasteiger partial charge in [-0.05, 0) is 61.8 Å². The average Bonchev–Trinajstić information content (AvgIpc) is 2.98. The molecule has 2 aromatic rings. The van der Waals surface area contributed by atoms with Crippen LogP contribution in [0.2, 0.25) is 0 Å². The molecule has 134 valence electrons. The molecule has 0 spiro atoms. The van der Waals surface area contributed by atoms with Gasteiger partial charge in [-0.25, -0.2) is 0 Å². The number of fused-ring (bicyclic) bond motifs is 1. The molecule has 1 N–H and O–H groups in total. The molecule has 0 saturated heterocycles. The van der Waals surface area contributed by atoms with E-state index in [0.29, 0.717) is 25.6 Å². The molecule has 0 radical (unpaired) electrons. The molecule has 0 aliphatic heterocycles. The molecule has 0 saturated carbocycles. The van der Waals surface area contributed by atoms with Gasteiger partial charge in [-0.3, -0.25) is 9.48 Å². The first-order valence-corrected chi connectivity index (χ1v) is 9.17. The molecule has 1 amide bonds. The summed E-state index contributed by atoms with van der Waals surface area (Å²) in [5, 5.41) is 7.54. The zero-order valence-corrected chi connectivity index (χ0v) is 15.1. The van der Waals surface area contributed by atoms with E-state index in [9.17, 15) is 4.79 Å². The summed E-state index contributed by atoms with van der Waals surface area (Å²) in [7, 11) is 0. The minimum absolute atomic E-state index is 0.0128. The van der Waals surface area contributed by atoms with Gasteiger partial charge in [-0.1, -0.05) is 19.1 Å². The smallest absolute Gasteiger partial charge is 0.241 e. The molecule has 5 heteroatoms. The van der Waals surface area contributed by atoms with Gasteiger partial charge in [-0.2, -0.15) is 5.10 Å². The minimum atomic E-state index is 0.0128. The summed E-state index contributed by atoms with van der Waals surface area (Å²) in [5.74, 6) is 1.61. The quantitative estimate of drug-likeness (QED) is 0.842. The highest BCUT2D eigenvalue weighted by Crippen LogP contribution is 2.23. The van der Waals surface area contributed by atoms with E-state index in [4.69, 9.17) is 4.74 Å². The van der Waals surface area contributed by atoms with Crippen molar-refractivity contribution < 1.29 is 9.53 Å². The second kappa shape index (κ2) is 8.19. The third kappa shape index (κ3) is 4.84. The zero-order valence-electron chi connectivity index (χ0n) is 15.1. The van der Waals surface area contributed by atoms with Gasteiger partial charge in [0.2, 0.25) is 5.91 Å². The van der Waals surface area contributed by atoms with Crippen molar-refractivity contribution in [3.05, 3.63) is 47.3 Å². The topological polar surface area (TPSA) is 56.1 Å². The standard InChI is InChI=1S/C20H27N3O2/c1-3-25-18-7-5-16(6-8-18)10-11-21-20(24)14-23-13-17-12-15(2)4-9-19(17)22-23/h5-8,13,15H,3-4,9-12,14H2,1-2H3,(H,21,24)/t15-/m0/s1. The Morgan fingerprint density at radius 3 is 2.92 bits per heavy atom. The van der Waals surface area contributed by atoms with Crippen LogP contribution in [0.25, 0.3) is 0 Å². The predicted molar refractivity (Wildman–Crippen MR) is 97.7 cm³/mol. The van der Waals surface area contributed by atoms with Crippen LogP contribution in [0.3, 0.4) is 0 Å². The Morgan fingerprint density at radius 1 is 1.36 bits per heavy atom. The highest BCUT2D eigenvalue weighted by Gasteiger charge is 2.19. The van der Waals surface area contributed by atoms with Crippen LogP contribution in [-0.4, -0.2) is 28.8 Å². The van der Waals surface area contributed by atoms with Crippen molar-refractivity contribution in [2.75, 3.05) is 13.2 Å². The Kier molecular flexibility index (Phi) is 5.74. The van der Waals surface area contributed by atoms with Crippen molar-refractivity contribution in [3.63, 3.8) is 0 Å². The van der Waals surface area contributed by atoms with E-state index in [1.165, 1.54) is 23.2 Å². The summed E-state index contributed by atoms with van der Waals surface area (Å²) in [6.45, 7) is 5.84. The van der Waals surface area contributed by atoms with Crippen LogP contribution < -0.4 is 10.1 Å². The lowest BCUT2D eigenvalue weighted by atomic mass is 9.89. The second-order valence-corrected chi connectivity index (χ2v) is 6.82. The molecule has 1 heterocycles. The van der Waals surface area contributed by atoms with Crippen LogP contribution in [-0.2, 0) is 30.6 Å². The van der Waals surface area contributed by atoms with Gasteiger partial charge in [0, 0.05) is 12.7 Å². The van der Waals surface area contributed by atoms with Crippen molar-refractivity contribution in [2.24, 2.45) is 5.92 Å². The molecule has 1 atom stereocenters. The number of carbonyl (C=O) groups is 1. The molecule has 0 unspecified atom stereocenters. The minimum Gasteiger partial charge on any atom is -0.494 e. The van der Waals surface area contributed by atoms with Gasteiger partial charge in [0.05, 0.1) is 12.3 Å². The van der Waals surface area contributed by atoms with Crippen molar-refractivity contribution >= 4 is 5.91 Å². The first-order valence-electron chi connectivity index (χ1n) is 9.17. The molecule has 3 rings (SSSR count). The molecule has 1 aromatic carbocycles. The lowest BCUT2D eigenvalue weighted by Gasteiger charge is -2.15. The molecular formula is C20H27N3O2. The maximum absolute atomic E-state index is 12.1. The third-order valence-electron chi connectivity index (χ3n) is 4.64. The number of benzene rings is 1. The summed E-state index contributed by atoms with van der Waals surface area (Å²) >= 11 is 0. The van der Waals surface area contributed by atoms with E-state index in [0.717, 1.165) is 25.0 Å².